The lowest BCUT2D eigenvalue weighted by Gasteiger charge is -2.21. The number of nitrogens with two attached hydrogens (primary N) is 1. The van der Waals surface area contributed by atoms with Gasteiger partial charge in [0.05, 0.1) is 5.75 Å². The zero-order valence-corrected chi connectivity index (χ0v) is 8.46. The highest BCUT2D eigenvalue weighted by molar-refractivity contribution is 7.89. The molecule has 0 aliphatic carbocycles. The van der Waals surface area contributed by atoms with Crippen LogP contribution >= 0.6 is 12.4 Å². The molecule has 0 aromatic heterocycles. The van der Waals surface area contributed by atoms with Gasteiger partial charge >= 0.3 is 0 Å². The van der Waals surface area contributed by atoms with Crippen molar-refractivity contribution in [3.05, 3.63) is 0 Å². The Hall–Kier alpha value is 0.160. The van der Waals surface area contributed by atoms with Gasteiger partial charge in [0.25, 0.3) is 0 Å². The molecule has 6 heteroatoms. The van der Waals surface area contributed by atoms with Gasteiger partial charge in [0.15, 0.2) is 0 Å². The Kier molecular flexibility index (Phi) is 5.08. The van der Waals surface area contributed by atoms with Gasteiger partial charge in [0, 0.05) is 0 Å². The Morgan fingerprint density at radius 2 is 2.17 bits per heavy atom. The zero-order valence-electron chi connectivity index (χ0n) is 6.82. The van der Waals surface area contributed by atoms with Crippen molar-refractivity contribution < 1.29 is 8.42 Å². The normalized spacial score (nSPS) is 24.6. The van der Waals surface area contributed by atoms with E-state index in [9.17, 15) is 8.42 Å². The van der Waals surface area contributed by atoms with Gasteiger partial charge in [-0.15, -0.1) is 12.4 Å². The summed E-state index contributed by atoms with van der Waals surface area (Å²) in [5.41, 5.74) is 0. The van der Waals surface area contributed by atoms with Crippen LogP contribution in [0.5, 0.6) is 0 Å². The Balaban J connectivity index is 0.00000121. The van der Waals surface area contributed by atoms with Crippen LogP contribution in [0.4, 0.5) is 0 Å². The van der Waals surface area contributed by atoms with E-state index in [-0.39, 0.29) is 24.1 Å². The maximum absolute atomic E-state index is 10.6. The molecule has 1 atom stereocenters. The summed E-state index contributed by atoms with van der Waals surface area (Å²) in [6.45, 7) is 1.79. The number of primary sulfonamides is 1. The molecule has 0 amide bonds. The van der Waals surface area contributed by atoms with Crippen LogP contribution in [0, 0.1) is 5.92 Å². The van der Waals surface area contributed by atoms with Crippen LogP contribution in [0.25, 0.3) is 0 Å². The van der Waals surface area contributed by atoms with Crippen molar-refractivity contribution in [2.75, 3.05) is 18.8 Å². The molecule has 3 N–H and O–H groups in total. The van der Waals surface area contributed by atoms with Crippen molar-refractivity contribution in [3.8, 4) is 0 Å². The minimum absolute atomic E-state index is 0. The molecule has 74 valence electrons. The smallest absolute Gasteiger partial charge is 0.209 e. The Bertz CT molecular complexity index is 212. The Labute approximate surface area is 79.4 Å². The lowest BCUT2D eigenvalue weighted by Crippen LogP contribution is -2.35. The predicted octanol–water partition coefficient (Wildman–Crippen LogP) is -0.304. The van der Waals surface area contributed by atoms with Gasteiger partial charge in [-0.1, -0.05) is 0 Å². The summed E-state index contributed by atoms with van der Waals surface area (Å²) in [6, 6.07) is 0. The first kappa shape index (κ1) is 12.2. The monoisotopic (exact) mass is 214 g/mol. The molecule has 1 rings (SSSR count). The molecule has 0 spiro atoms. The third-order valence-electron chi connectivity index (χ3n) is 1.87. The third kappa shape index (κ3) is 4.92. The van der Waals surface area contributed by atoms with E-state index in [4.69, 9.17) is 5.14 Å². The van der Waals surface area contributed by atoms with Crippen LogP contribution < -0.4 is 10.5 Å². The van der Waals surface area contributed by atoms with Gasteiger partial charge in [-0.05, 0) is 31.8 Å². The number of rotatable bonds is 2. The molecule has 0 aromatic carbocycles. The second kappa shape index (κ2) is 5.01. The van der Waals surface area contributed by atoms with Gasteiger partial charge in [-0.25, -0.2) is 13.6 Å². The fourth-order valence-electron chi connectivity index (χ4n) is 1.39. The van der Waals surface area contributed by atoms with Crippen LogP contribution in [0.3, 0.4) is 0 Å². The lowest BCUT2D eigenvalue weighted by atomic mass is 10.0. The molecule has 0 radical (unpaired) electrons. The molecule has 4 nitrogen and oxygen atoms in total. The summed E-state index contributed by atoms with van der Waals surface area (Å²) >= 11 is 0. The minimum Gasteiger partial charge on any atom is -0.316 e. The van der Waals surface area contributed by atoms with E-state index in [1.807, 2.05) is 0 Å². The maximum atomic E-state index is 10.6. The molecule has 1 saturated heterocycles. The number of piperidine rings is 1. The molecule has 1 aliphatic heterocycles. The predicted molar refractivity (Wildman–Crippen MR) is 50.8 cm³/mol. The van der Waals surface area contributed by atoms with E-state index in [1.165, 1.54) is 0 Å². The van der Waals surface area contributed by atoms with E-state index >= 15 is 0 Å². The second-order valence-corrected chi connectivity index (χ2v) is 4.70. The molecule has 0 saturated carbocycles. The fourth-order valence-corrected chi connectivity index (χ4v) is 2.34. The van der Waals surface area contributed by atoms with Crippen molar-refractivity contribution in [2.45, 2.75) is 12.8 Å². The van der Waals surface area contributed by atoms with Crippen LogP contribution in [0.1, 0.15) is 12.8 Å². The highest BCUT2D eigenvalue weighted by Gasteiger charge is 2.17. The maximum Gasteiger partial charge on any atom is 0.209 e. The average Bonchev–Trinajstić information content (AvgIpc) is 1.85. The molecular formula is C6H15ClN2O2S. The summed E-state index contributed by atoms with van der Waals surface area (Å²) in [5, 5.41) is 8.05. The first-order valence-corrected chi connectivity index (χ1v) is 5.50. The van der Waals surface area contributed by atoms with E-state index < -0.39 is 10.0 Å². The molecule has 0 unspecified atom stereocenters. The van der Waals surface area contributed by atoms with Crippen molar-refractivity contribution in [1.82, 2.24) is 5.32 Å². The highest BCUT2D eigenvalue weighted by atomic mass is 35.5. The largest absolute Gasteiger partial charge is 0.316 e. The van der Waals surface area contributed by atoms with Gasteiger partial charge in [0.1, 0.15) is 0 Å². The SMILES string of the molecule is Cl.NS(=O)(=O)C[C@@H]1CCCNC1. The average molecular weight is 215 g/mol. The van der Waals surface area contributed by atoms with Crippen LogP contribution in [-0.2, 0) is 10.0 Å². The number of hydrogen-bond donors (Lipinski definition) is 2. The van der Waals surface area contributed by atoms with Gasteiger partial charge < -0.3 is 5.32 Å². The standard InChI is InChI=1S/C6H14N2O2S.ClH/c7-11(9,10)5-6-2-1-3-8-4-6;/h6,8H,1-5H2,(H2,7,9,10);1H/t6-;/m1./s1. The summed E-state index contributed by atoms with van der Waals surface area (Å²) in [5.74, 6) is 0.346. The van der Waals surface area contributed by atoms with E-state index in [0.717, 1.165) is 25.9 Å². The molecular weight excluding hydrogens is 200 g/mol. The first-order chi connectivity index (χ1) is 5.08. The molecule has 0 bridgehead atoms. The molecule has 12 heavy (non-hydrogen) atoms. The van der Waals surface area contributed by atoms with Gasteiger partial charge in [-0.2, -0.15) is 0 Å². The summed E-state index contributed by atoms with van der Waals surface area (Å²) in [6.07, 6.45) is 2.03. The van der Waals surface area contributed by atoms with E-state index in [2.05, 4.69) is 5.32 Å². The van der Waals surface area contributed by atoms with E-state index in [1.54, 1.807) is 0 Å². The van der Waals surface area contributed by atoms with Crippen LogP contribution in [0.2, 0.25) is 0 Å². The summed E-state index contributed by atoms with van der Waals surface area (Å²) in [4.78, 5) is 0. The van der Waals surface area contributed by atoms with Crippen molar-refractivity contribution >= 4 is 22.4 Å². The number of nitrogens with one attached hydrogen (secondary N) is 1. The van der Waals surface area contributed by atoms with Gasteiger partial charge in [0.2, 0.25) is 10.0 Å². The van der Waals surface area contributed by atoms with Gasteiger partial charge in [-0.3, -0.25) is 0 Å². The van der Waals surface area contributed by atoms with E-state index in [0.29, 0.717) is 0 Å². The van der Waals surface area contributed by atoms with Crippen molar-refractivity contribution in [2.24, 2.45) is 11.1 Å². The topological polar surface area (TPSA) is 72.2 Å². The summed E-state index contributed by atoms with van der Waals surface area (Å²) < 4.78 is 21.3. The number of sulfonamides is 1. The molecule has 1 heterocycles. The van der Waals surface area contributed by atoms with Crippen LogP contribution in [-0.4, -0.2) is 27.3 Å². The van der Waals surface area contributed by atoms with Crippen molar-refractivity contribution in [1.29, 1.82) is 0 Å². The first-order valence-electron chi connectivity index (χ1n) is 3.79. The highest BCUT2D eigenvalue weighted by Crippen LogP contribution is 2.10. The third-order valence-corrected chi connectivity index (χ3v) is 2.80. The van der Waals surface area contributed by atoms with Crippen molar-refractivity contribution in [3.63, 3.8) is 0 Å². The lowest BCUT2D eigenvalue weighted by molar-refractivity contribution is 0.404. The molecule has 0 aromatic rings. The quantitative estimate of drug-likeness (QED) is 0.663. The zero-order chi connectivity index (χ0) is 8.32. The number of hydrogen-bond acceptors (Lipinski definition) is 3. The minimum atomic E-state index is -3.26. The van der Waals surface area contributed by atoms with Crippen LogP contribution in [0.15, 0.2) is 0 Å². The Morgan fingerprint density at radius 3 is 2.58 bits per heavy atom. The number of halogens is 1. The second-order valence-electron chi connectivity index (χ2n) is 3.04. The summed E-state index contributed by atoms with van der Waals surface area (Å²) in [7, 11) is -3.26. The molecule has 1 fully saturated rings. The Morgan fingerprint density at radius 1 is 1.50 bits per heavy atom. The fraction of sp³-hybridized carbons (Fsp3) is 1.00. The molecule has 1 aliphatic rings.